The second-order valence-corrected chi connectivity index (χ2v) is 12.8. The Morgan fingerprint density at radius 3 is 1.83 bits per heavy atom. The van der Waals surface area contributed by atoms with Crippen LogP contribution in [0, 0.1) is 27.7 Å². The lowest BCUT2D eigenvalue weighted by Gasteiger charge is -2.34. The van der Waals surface area contributed by atoms with Crippen molar-refractivity contribution < 1.29 is 18.0 Å². The maximum absolute atomic E-state index is 14.2. The molecule has 0 fully saturated rings. The van der Waals surface area contributed by atoms with Gasteiger partial charge in [0, 0.05) is 12.6 Å². The van der Waals surface area contributed by atoms with Crippen LogP contribution >= 0.6 is 0 Å². The first-order chi connectivity index (χ1) is 19.3. The van der Waals surface area contributed by atoms with E-state index in [0.29, 0.717) is 12.1 Å². The van der Waals surface area contributed by atoms with Crippen LogP contribution in [0.5, 0.6) is 0 Å². The highest BCUT2D eigenvalue weighted by atomic mass is 32.2. The molecule has 2 amide bonds. The van der Waals surface area contributed by atoms with Gasteiger partial charge in [-0.25, -0.2) is 8.42 Å². The minimum absolute atomic E-state index is 0.0541. The summed E-state index contributed by atoms with van der Waals surface area (Å²) in [5.41, 5.74) is 5.04. The van der Waals surface area contributed by atoms with Crippen LogP contribution in [-0.2, 0) is 26.2 Å². The lowest BCUT2D eigenvalue weighted by atomic mass is 10.1. The summed E-state index contributed by atoms with van der Waals surface area (Å²) < 4.78 is 29.3. The fraction of sp³-hybridized carbons (Fsp3) is 0.394. The fourth-order valence-corrected chi connectivity index (χ4v) is 6.11. The number of hydrogen-bond donors (Lipinski definition) is 1. The molecule has 3 aromatic carbocycles. The standard InChI is InChI=1S/C33H43N3O4S/c1-8-27(7)34-33(38)31(9-2)35(21-28-14-10-23(3)11-15-28)32(37)22-36(29-19-25(5)18-26(6)20-29)41(39,40)30-16-12-24(4)13-17-30/h10-20,27,31H,8-9,21-22H2,1-7H3,(H,34,38)/t27-,31+/m1/s1. The second-order valence-electron chi connectivity index (χ2n) is 10.9. The largest absolute Gasteiger partial charge is 0.352 e. The Labute approximate surface area is 245 Å². The van der Waals surface area contributed by atoms with Gasteiger partial charge in [-0.05, 0) is 88.4 Å². The minimum Gasteiger partial charge on any atom is -0.352 e. The highest BCUT2D eigenvalue weighted by Crippen LogP contribution is 2.27. The van der Waals surface area contributed by atoms with E-state index in [-0.39, 0.29) is 23.4 Å². The normalized spacial score (nSPS) is 12.9. The van der Waals surface area contributed by atoms with Gasteiger partial charge in [0.2, 0.25) is 11.8 Å². The molecule has 0 aliphatic heterocycles. The highest BCUT2D eigenvalue weighted by molar-refractivity contribution is 7.92. The fourth-order valence-electron chi connectivity index (χ4n) is 4.71. The van der Waals surface area contributed by atoms with Gasteiger partial charge in [-0.3, -0.25) is 13.9 Å². The molecular formula is C33H43N3O4S. The molecule has 2 atom stereocenters. The van der Waals surface area contributed by atoms with Crippen LogP contribution in [-0.4, -0.2) is 43.8 Å². The lowest BCUT2D eigenvalue weighted by molar-refractivity contribution is -0.140. The van der Waals surface area contributed by atoms with Crippen molar-refractivity contribution in [3.63, 3.8) is 0 Å². The minimum atomic E-state index is -4.10. The topological polar surface area (TPSA) is 86.8 Å². The monoisotopic (exact) mass is 577 g/mol. The van der Waals surface area contributed by atoms with Crippen molar-refractivity contribution >= 4 is 27.5 Å². The van der Waals surface area contributed by atoms with Crippen molar-refractivity contribution in [1.82, 2.24) is 10.2 Å². The van der Waals surface area contributed by atoms with E-state index in [1.807, 2.05) is 78.8 Å². The van der Waals surface area contributed by atoms with E-state index in [1.165, 1.54) is 9.21 Å². The zero-order valence-electron chi connectivity index (χ0n) is 25.3. The molecule has 0 aromatic heterocycles. The summed E-state index contributed by atoms with van der Waals surface area (Å²) in [4.78, 5) is 29.2. The molecule has 0 heterocycles. The van der Waals surface area contributed by atoms with E-state index in [4.69, 9.17) is 0 Å². The van der Waals surface area contributed by atoms with Gasteiger partial charge in [0.1, 0.15) is 12.6 Å². The third kappa shape index (κ3) is 8.19. The predicted molar refractivity (Wildman–Crippen MR) is 165 cm³/mol. The molecule has 7 nitrogen and oxygen atoms in total. The molecule has 0 spiro atoms. The van der Waals surface area contributed by atoms with Crippen molar-refractivity contribution in [1.29, 1.82) is 0 Å². The van der Waals surface area contributed by atoms with Gasteiger partial charge < -0.3 is 10.2 Å². The molecule has 0 aliphatic rings. The highest BCUT2D eigenvalue weighted by Gasteiger charge is 2.34. The van der Waals surface area contributed by atoms with Crippen molar-refractivity contribution in [3.8, 4) is 0 Å². The first-order valence-corrected chi connectivity index (χ1v) is 15.6. The summed E-state index contributed by atoms with van der Waals surface area (Å²) in [5, 5.41) is 3.01. The number of nitrogens with zero attached hydrogens (tertiary/aromatic N) is 2. The Morgan fingerprint density at radius 1 is 0.780 bits per heavy atom. The van der Waals surface area contributed by atoms with E-state index in [0.717, 1.165) is 34.2 Å². The molecule has 0 aliphatic carbocycles. The number of hydrogen-bond acceptors (Lipinski definition) is 4. The smallest absolute Gasteiger partial charge is 0.264 e. The summed E-state index contributed by atoms with van der Waals surface area (Å²) in [6.45, 7) is 13.2. The first-order valence-electron chi connectivity index (χ1n) is 14.2. The third-order valence-electron chi connectivity index (χ3n) is 7.24. The number of sulfonamides is 1. The quantitative estimate of drug-likeness (QED) is 0.293. The van der Waals surface area contributed by atoms with Gasteiger partial charge >= 0.3 is 0 Å². The van der Waals surface area contributed by atoms with Gasteiger partial charge in [-0.15, -0.1) is 0 Å². The molecule has 0 bridgehead atoms. The molecule has 0 unspecified atom stereocenters. The Morgan fingerprint density at radius 2 is 1.32 bits per heavy atom. The van der Waals surface area contributed by atoms with Gasteiger partial charge in [-0.1, -0.05) is 67.4 Å². The Hall–Kier alpha value is -3.65. The SMILES string of the molecule is CC[C@@H](C)NC(=O)[C@H](CC)N(Cc1ccc(C)cc1)C(=O)CN(c1cc(C)cc(C)c1)S(=O)(=O)c1ccc(C)cc1. The molecule has 8 heteroatoms. The zero-order valence-corrected chi connectivity index (χ0v) is 26.1. The van der Waals surface area contributed by atoms with Gasteiger partial charge in [-0.2, -0.15) is 0 Å². The molecular weight excluding hydrogens is 534 g/mol. The van der Waals surface area contributed by atoms with Crippen molar-refractivity contribution in [3.05, 3.63) is 94.5 Å². The summed E-state index contributed by atoms with van der Waals surface area (Å²) in [6.07, 6.45) is 1.14. The molecule has 0 saturated carbocycles. The van der Waals surface area contributed by atoms with E-state index < -0.39 is 28.5 Å². The number of nitrogens with one attached hydrogen (secondary N) is 1. The van der Waals surface area contributed by atoms with Crippen LogP contribution in [0.2, 0.25) is 0 Å². The Kier molecular flexibility index (Phi) is 10.7. The van der Waals surface area contributed by atoms with Crippen molar-refractivity contribution in [2.24, 2.45) is 0 Å². The van der Waals surface area contributed by atoms with Gasteiger partial charge in [0.15, 0.2) is 0 Å². The van der Waals surface area contributed by atoms with Gasteiger partial charge in [0.25, 0.3) is 10.0 Å². The van der Waals surface area contributed by atoms with Crippen LogP contribution in [0.3, 0.4) is 0 Å². The van der Waals surface area contributed by atoms with E-state index in [9.17, 15) is 18.0 Å². The maximum atomic E-state index is 14.2. The first kappa shape index (κ1) is 31.9. The number of amides is 2. The summed E-state index contributed by atoms with van der Waals surface area (Å²) in [5.74, 6) is -0.701. The van der Waals surface area contributed by atoms with E-state index >= 15 is 0 Å². The number of rotatable bonds is 12. The molecule has 1 N–H and O–H groups in total. The number of anilines is 1. The second kappa shape index (κ2) is 13.8. The number of carbonyl (C=O) groups is 2. The number of aryl methyl sites for hydroxylation is 4. The predicted octanol–water partition coefficient (Wildman–Crippen LogP) is 5.84. The van der Waals surface area contributed by atoms with Crippen LogP contribution in [0.25, 0.3) is 0 Å². The summed E-state index contributed by atoms with van der Waals surface area (Å²) >= 11 is 0. The van der Waals surface area contributed by atoms with Crippen LogP contribution in [0.15, 0.2) is 71.6 Å². The molecule has 0 saturated heterocycles. The molecule has 220 valence electrons. The van der Waals surface area contributed by atoms with Crippen LogP contribution < -0.4 is 9.62 Å². The number of carbonyl (C=O) groups excluding carboxylic acids is 2. The van der Waals surface area contributed by atoms with Gasteiger partial charge in [0.05, 0.1) is 10.6 Å². The summed E-state index contributed by atoms with van der Waals surface area (Å²) in [7, 11) is -4.10. The average molecular weight is 578 g/mol. The van der Waals surface area contributed by atoms with Crippen molar-refractivity contribution in [2.75, 3.05) is 10.8 Å². The van der Waals surface area contributed by atoms with Crippen molar-refractivity contribution in [2.45, 2.75) is 84.8 Å². The molecule has 3 aromatic rings. The maximum Gasteiger partial charge on any atom is 0.264 e. The Balaban J connectivity index is 2.09. The van der Waals surface area contributed by atoms with E-state index in [2.05, 4.69) is 5.32 Å². The molecule has 3 rings (SSSR count). The number of benzene rings is 3. The summed E-state index contributed by atoms with van der Waals surface area (Å²) in [6, 6.07) is 19.1. The lowest BCUT2D eigenvalue weighted by Crippen LogP contribution is -2.53. The third-order valence-corrected chi connectivity index (χ3v) is 9.03. The molecule has 0 radical (unpaired) electrons. The van der Waals surface area contributed by atoms with E-state index in [1.54, 1.807) is 36.4 Å². The Bertz CT molecular complexity index is 1430. The van der Waals surface area contributed by atoms with Crippen LogP contribution in [0.4, 0.5) is 5.69 Å². The van der Waals surface area contributed by atoms with Crippen LogP contribution in [0.1, 0.15) is 61.4 Å². The zero-order chi connectivity index (χ0) is 30.3. The molecule has 41 heavy (non-hydrogen) atoms. The average Bonchev–Trinajstić information content (AvgIpc) is 2.92.